The second-order valence-electron chi connectivity index (χ2n) is 19.0. The fraction of sp³-hybridized carbons (Fsp3) is 0.333. The third kappa shape index (κ3) is 8.55. The van der Waals surface area contributed by atoms with E-state index in [0.29, 0.717) is 11.5 Å². The van der Waals surface area contributed by atoms with E-state index < -0.39 is 0 Å². The van der Waals surface area contributed by atoms with Crippen molar-refractivity contribution < 1.29 is 34.3 Å². The average molecular weight is 852 g/mol. The van der Waals surface area contributed by atoms with Gasteiger partial charge >= 0.3 is 217 Å². The van der Waals surface area contributed by atoms with Crippen LogP contribution in [0.25, 0.3) is 33.4 Å². The van der Waals surface area contributed by atoms with Gasteiger partial charge in [0.1, 0.15) is 0 Å². The van der Waals surface area contributed by atoms with Gasteiger partial charge in [-0.15, -0.1) is 12.8 Å². The summed E-state index contributed by atoms with van der Waals surface area (Å²) in [7, 11) is 0. The van der Waals surface area contributed by atoms with Crippen LogP contribution in [-0.2, 0) is 40.3 Å². The SMILES string of the molecule is CC(C)(C)[C](=[Mo])c1c(-c2cccc(C(C)(C)C)c2O)cccc1-c1cccc(C(C)(C)C)c1O.[CH-]1CCCO1.[CH-]=C1CC2(CC1=[CH-])c1ccccc1-c1ccccc12. The normalized spacial score (nSPS) is 15.6. The molecule has 1 spiro atoms. The first kappa shape index (κ1) is 43.3. The van der Waals surface area contributed by atoms with Crippen LogP contribution in [0.15, 0.2) is 114 Å². The second-order valence-corrected chi connectivity index (χ2v) is 20.0. The molecule has 1 aliphatic heterocycles. The molecule has 5 aromatic carbocycles. The third-order valence-electron chi connectivity index (χ3n) is 11.5. The summed E-state index contributed by atoms with van der Waals surface area (Å²) < 4.78 is 6.04. The number of hydrogen-bond acceptors (Lipinski definition) is 3. The average Bonchev–Trinajstić information content (AvgIpc) is 3.91. The number of benzene rings is 5. The second kappa shape index (κ2) is 16.8. The molecule has 1 saturated heterocycles. The topological polar surface area (TPSA) is 49.7 Å². The Morgan fingerprint density at radius 3 is 1.34 bits per heavy atom. The molecule has 2 fully saturated rings. The molecule has 8 rings (SSSR count). The smallest absolute Gasteiger partial charge is 0.00878 e. The van der Waals surface area contributed by atoms with E-state index in [9.17, 15) is 10.2 Å². The van der Waals surface area contributed by atoms with E-state index >= 15 is 0 Å². The first-order valence-electron chi connectivity index (χ1n) is 20.5. The minimum atomic E-state index is -0.180. The van der Waals surface area contributed by atoms with E-state index in [-0.39, 0.29) is 21.7 Å². The summed E-state index contributed by atoms with van der Waals surface area (Å²) in [6, 6.07) is 35.5. The molecule has 0 unspecified atom stereocenters. The molecule has 2 N–H and O–H groups in total. The van der Waals surface area contributed by atoms with Crippen LogP contribution in [0, 0.1) is 25.2 Å². The Morgan fingerprint density at radius 2 is 0.983 bits per heavy atom. The molecule has 0 aromatic heterocycles. The standard InChI is InChI=1S/C31H38O2.C19H14.C4H7O.Mo/c1-29(2,3)19-24-20(22-15-11-17-25(27(22)32)30(4,5)6)13-10-14-21(24)23-16-12-18-26(28(23)33)31(7,8)9;1-13-11-19(12-14(13)2)17-9-5-3-7-15(17)16-8-4-6-10-18(16)19;1-2-4-5-3-1;/h10-18,32-33H,1-9H3;1-10H,11-12H2;3H,1-2,4H2;/q;-2;-1;. The summed E-state index contributed by atoms with van der Waals surface area (Å²) in [5, 5.41) is 22.8. The van der Waals surface area contributed by atoms with E-state index in [0.717, 1.165) is 76.0 Å². The van der Waals surface area contributed by atoms with Crippen LogP contribution in [0.1, 0.15) is 116 Å². The first-order valence-corrected chi connectivity index (χ1v) is 21.5. The van der Waals surface area contributed by atoms with Crippen LogP contribution in [0.3, 0.4) is 0 Å². The van der Waals surface area contributed by atoms with E-state index in [4.69, 9.17) is 17.9 Å². The van der Waals surface area contributed by atoms with Crippen LogP contribution in [0.2, 0.25) is 0 Å². The molecular weight excluding hydrogens is 793 g/mol. The molecule has 0 bridgehead atoms. The van der Waals surface area contributed by atoms with Crippen molar-refractivity contribution in [1.29, 1.82) is 0 Å². The van der Waals surface area contributed by atoms with Gasteiger partial charge in [0.15, 0.2) is 0 Å². The Morgan fingerprint density at radius 1 is 0.586 bits per heavy atom. The van der Waals surface area contributed by atoms with Gasteiger partial charge in [-0.05, 0) is 27.7 Å². The zero-order valence-electron chi connectivity index (χ0n) is 35.8. The van der Waals surface area contributed by atoms with E-state index in [1.807, 2.05) is 49.1 Å². The third-order valence-corrected chi connectivity index (χ3v) is 13.5. The van der Waals surface area contributed by atoms with Gasteiger partial charge in [0, 0.05) is 6.61 Å². The van der Waals surface area contributed by atoms with Crippen LogP contribution < -0.4 is 0 Å². The van der Waals surface area contributed by atoms with Crippen molar-refractivity contribution >= 4 is 3.90 Å². The number of para-hydroxylation sites is 2. The van der Waals surface area contributed by atoms with Gasteiger partial charge in [-0.2, -0.15) is 6.42 Å². The fourth-order valence-electron chi connectivity index (χ4n) is 8.51. The van der Waals surface area contributed by atoms with Gasteiger partial charge in [-0.3, -0.25) is 0 Å². The fourth-order valence-corrected chi connectivity index (χ4v) is 9.05. The predicted molar refractivity (Wildman–Crippen MR) is 239 cm³/mol. The van der Waals surface area contributed by atoms with Gasteiger partial charge < -0.3 is 29.0 Å². The molecule has 2 aliphatic carbocycles. The van der Waals surface area contributed by atoms with Crippen LogP contribution in [-0.4, -0.2) is 20.7 Å². The molecule has 0 radical (unpaired) electrons. The molecule has 1 saturated carbocycles. The summed E-state index contributed by atoms with van der Waals surface area (Å²) in [5.41, 5.74) is 13.2. The van der Waals surface area contributed by atoms with Crippen LogP contribution in [0.4, 0.5) is 0 Å². The minimum absolute atomic E-state index is 0.0264. The maximum Gasteiger partial charge on any atom is 0.00878 e. The van der Waals surface area contributed by atoms with Crippen molar-refractivity contribution in [1.82, 2.24) is 0 Å². The zero-order valence-corrected chi connectivity index (χ0v) is 37.8. The Balaban J connectivity index is 0.000000194. The Labute approximate surface area is 359 Å². The summed E-state index contributed by atoms with van der Waals surface area (Å²) >= 11 is 2.07. The maximum atomic E-state index is 11.4. The molecule has 5 aromatic rings. The number of allylic oxidation sites excluding steroid dienone is 2. The number of fused-ring (bicyclic) bond motifs is 5. The molecule has 3 nitrogen and oxygen atoms in total. The molecule has 3 aliphatic rings. The van der Waals surface area contributed by atoms with Crippen molar-refractivity contribution in [2.75, 3.05) is 6.61 Å². The van der Waals surface area contributed by atoms with Crippen LogP contribution in [0.5, 0.6) is 11.5 Å². The van der Waals surface area contributed by atoms with E-state index in [1.54, 1.807) is 0 Å². The number of aromatic hydroxyl groups is 2. The van der Waals surface area contributed by atoms with Gasteiger partial charge in [0.2, 0.25) is 0 Å². The van der Waals surface area contributed by atoms with Crippen LogP contribution >= 0.6 is 0 Å². The quantitative estimate of drug-likeness (QED) is 0.140. The predicted octanol–water partition coefficient (Wildman–Crippen LogP) is 13.6. The van der Waals surface area contributed by atoms with E-state index in [2.05, 4.69) is 142 Å². The molecule has 0 amide bonds. The van der Waals surface area contributed by atoms with Gasteiger partial charge in [-0.25, -0.2) is 6.61 Å². The molecule has 58 heavy (non-hydrogen) atoms. The van der Waals surface area contributed by atoms with Crippen molar-refractivity contribution in [2.45, 2.75) is 104 Å². The monoisotopic (exact) mass is 853 g/mol. The summed E-state index contributed by atoms with van der Waals surface area (Å²) in [5.74, 6) is 0.646. The summed E-state index contributed by atoms with van der Waals surface area (Å²) in [6.45, 7) is 34.3. The number of ether oxygens (including phenoxy) is 1. The Hall–Kier alpha value is -4.30. The van der Waals surface area contributed by atoms with Crippen molar-refractivity contribution in [3.05, 3.63) is 162 Å². The number of phenolic OH excluding ortho intramolecular Hbond substituents is 2. The maximum absolute atomic E-state index is 11.4. The molecule has 1 heterocycles. The Bertz CT molecular complexity index is 2200. The number of phenols is 2. The van der Waals surface area contributed by atoms with Crippen molar-refractivity contribution in [3.63, 3.8) is 0 Å². The van der Waals surface area contributed by atoms with Gasteiger partial charge in [0.05, 0.1) is 0 Å². The zero-order chi connectivity index (χ0) is 42.2. The largest absolute Gasteiger partial charge is 0.552 e. The van der Waals surface area contributed by atoms with Gasteiger partial charge in [0.25, 0.3) is 0 Å². The number of hydrogen-bond donors (Lipinski definition) is 2. The molecular formula is C54H59MoO3-3. The molecule has 0 atom stereocenters. The Kier molecular flexibility index (Phi) is 12.5. The number of rotatable bonds is 3. The molecule has 302 valence electrons. The van der Waals surface area contributed by atoms with Crippen molar-refractivity contribution in [2.24, 2.45) is 5.41 Å². The first-order chi connectivity index (χ1) is 27.3. The van der Waals surface area contributed by atoms with Crippen molar-refractivity contribution in [3.8, 4) is 44.9 Å². The summed E-state index contributed by atoms with van der Waals surface area (Å²) in [4.78, 5) is 0. The van der Waals surface area contributed by atoms with E-state index in [1.165, 1.54) is 32.6 Å². The minimum Gasteiger partial charge on any atom is -0.552 e. The summed E-state index contributed by atoms with van der Waals surface area (Å²) in [6.07, 6.45) is 4.06. The molecule has 4 heteroatoms. The van der Waals surface area contributed by atoms with Gasteiger partial charge in [-0.1, -0.05) is 55.0 Å².